The number of hydrogen-bond donors (Lipinski definition) is 1. The van der Waals surface area contributed by atoms with Gasteiger partial charge in [0.15, 0.2) is 18.1 Å². The van der Waals surface area contributed by atoms with Gasteiger partial charge in [-0.3, -0.25) is 9.59 Å². The third kappa shape index (κ3) is 5.41. The third-order valence-corrected chi connectivity index (χ3v) is 4.98. The number of hydrogen-bond acceptors (Lipinski definition) is 4. The number of anilines is 1. The van der Waals surface area contributed by atoms with Crippen molar-refractivity contribution in [2.75, 3.05) is 32.1 Å². The number of para-hydroxylation sites is 1. The molecule has 1 aliphatic heterocycles. The van der Waals surface area contributed by atoms with E-state index in [4.69, 9.17) is 9.47 Å². The Balaban J connectivity index is 1.65. The Kier molecular flexibility index (Phi) is 7.49. The van der Waals surface area contributed by atoms with Crippen molar-refractivity contribution in [2.45, 2.75) is 26.2 Å². The van der Waals surface area contributed by atoms with Crippen LogP contribution in [0.15, 0.2) is 48.5 Å². The minimum absolute atomic E-state index is 0.0484. The maximum Gasteiger partial charge on any atom is 0.262 e. The van der Waals surface area contributed by atoms with E-state index in [2.05, 4.69) is 5.32 Å². The number of nitrogens with zero attached hydrogens (tertiary/aromatic N) is 1. The monoisotopic (exact) mass is 408 g/mol. The summed E-state index contributed by atoms with van der Waals surface area (Å²) < 4.78 is 11.0. The number of likely N-dealkylation sites (tertiary alicyclic amines) is 1. The average Bonchev–Trinajstić information content (AvgIpc) is 2.79. The van der Waals surface area contributed by atoms with Crippen LogP contribution >= 0.6 is 0 Å². The molecule has 30 heavy (non-hydrogen) atoms. The Morgan fingerprint density at radius 1 is 1.07 bits per heavy atom. The summed E-state index contributed by atoms with van der Waals surface area (Å²) in [6.07, 6.45) is 7.07. The molecule has 0 unspecified atom stereocenters. The zero-order valence-corrected chi connectivity index (χ0v) is 17.5. The van der Waals surface area contributed by atoms with Crippen molar-refractivity contribution in [2.24, 2.45) is 0 Å². The van der Waals surface area contributed by atoms with E-state index in [0.29, 0.717) is 22.7 Å². The van der Waals surface area contributed by atoms with E-state index in [1.807, 2.05) is 36.1 Å². The topological polar surface area (TPSA) is 67.9 Å². The van der Waals surface area contributed by atoms with Crippen molar-refractivity contribution < 1.29 is 19.1 Å². The highest BCUT2D eigenvalue weighted by Crippen LogP contribution is 2.28. The normalized spacial score (nSPS) is 13.9. The molecular formula is C24H28N2O4. The van der Waals surface area contributed by atoms with Gasteiger partial charge in [-0.25, -0.2) is 0 Å². The van der Waals surface area contributed by atoms with Crippen LogP contribution in [0.2, 0.25) is 0 Å². The first-order chi connectivity index (χ1) is 14.6. The Morgan fingerprint density at radius 3 is 2.57 bits per heavy atom. The fourth-order valence-corrected chi connectivity index (χ4v) is 3.48. The summed E-state index contributed by atoms with van der Waals surface area (Å²) in [6.45, 7) is 3.27. The van der Waals surface area contributed by atoms with Crippen molar-refractivity contribution in [3.8, 4) is 11.5 Å². The molecule has 2 aromatic rings. The second-order valence-electron chi connectivity index (χ2n) is 7.15. The van der Waals surface area contributed by atoms with E-state index >= 15 is 0 Å². The molecule has 0 atom stereocenters. The van der Waals surface area contributed by atoms with Gasteiger partial charge in [-0.1, -0.05) is 30.4 Å². The maximum atomic E-state index is 12.9. The van der Waals surface area contributed by atoms with Crippen molar-refractivity contribution >= 4 is 23.6 Å². The quantitative estimate of drug-likeness (QED) is 0.739. The molecule has 6 heteroatoms. The molecule has 6 nitrogen and oxygen atoms in total. The average molecular weight is 408 g/mol. The summed E-state index contributed by atoms with van der Waals surface area (Å²) in [6, 6.07) is 12.6. The molecule has 0 bridgehead atoms. The zero-order valence-electron chi connectivity index (χ0n) is 17.5. The van der Waals surface area contributed by atoms with Gasteiger partial charge in [0.25, 0.3) is 11.8 Å². The summed E-state index contributed by atoms with van der Waals surface area (Å²) in [5.74, 6) is 0.652. The molecule has 0 aromatic heterocycles. The number of nitrogens with one attached hydrogen (secondary N) is 1. The molecule has 0 radical (unpaired) electrons. The Labute approximate surface area is 177 Å². The van der Waals surface area contributed by atoms with Gasteiger partial charge in [-0.15, -0.1) is 0 Å². The first-order valence-electron chi connectivity index (χ1n) is 10.2. The highest BCUT2D eigenvalue weighted by molar-refractivity contribution is 6.04. The van der Waals surface area contributed by atoms with Crippen molar-refractivity contribution in [3.63, 3.8) is 0 Å². The minimum atomic E-state index is -0.339. The van der Waals surface area contributed by atoms with E-state index in [9.17, 15) is 9.59 Å². The lowest BCUT2D eigenvalue weighted by molar-refractivity contribution is -0.118. The number of rotatable bonds is 7. The maximum absolute atomic E-state index is 12.9. The molecule has 158 valence electrons. The molecular weight excluding hydrogens is 380 g/mol. The lowest BCUT2D eigenvalue weighted by atomic mass is 10.1. The molecule has 3 rings (SSSR count). The molecule has 0 saturated carbocycles. The molecule has 1 saturated heterocycles. The second-order valence-corrected chi connectivity index (χ2v) is 7.15. The Morgan fingerprint density at radius 2 is 1.83 bits per heavy atom. The van der Waals surface area contributed by atoms with Crippen molar-refractivity contribution in [1.29, 1.82) is 0 Å². The van der Waals surface area contributed by atoms with Crippen LogP contribution < -0.4 is 14.8 Å². The largest absolute Gasteiger partial charge is 0.493 e. The minimum Gasteiger partial charge on any atom is -0.493 e. The van der Waals surface area contributed by atoms with Crippen LogP contribution in [0, 0.1) is 0 Å². The summed E-state index contributed by atoms with van der Waals surface area (Å²) in [7, 11) is 1.56. The van der Waals surface area contributed by atoms with Gasteiger partial charge >= 0.3 is 0 Å². The predicted octanol–water partition coefficient (Wildman–Crippen LogP) is 4.37. The smallest absolute Gasteiger partial charge is 0.262 e. The predicted molar refractivity (Wildman–Crippen MR) is 118 cm³/mol. The first-order valence-corrected chi connectivity index (χ1v) is 10.2. The van der Waals surface area contributed by atoms with Crippen molar-refractivity contribution in [1.82, 2.24) is 4.90 Å². The third-order valence-electron chi connectivity index (χ3n) is 4.98. The van der Waals surface area contributed by atoms with E-state index in [1.165, 1.54) is 0 Å². The highest BCUT2D eigenvalue weighted by atomic mass is 16.5. The van der Waals surface area contributed by atoms with Crippen LogP contribution in [0.1, 0.15) is 42.1 Å². The molecule has 1 aliphatic rings. The molecule has 1 fully saturated rings. The van der Waals surface area contributed by atoms with Crippen molar-refractivity contribution in [3.05, 3.63) is 59.7 Å². The van der Waals surface area contributed by atoms with E-state index in [0.717, 1.165) is 37.9 Å². The zero-order chi connectivity index (χ0) is 21.3. The van der Waals surface area contributed by atoms with Crippen LogP contribution in [0.5, 0.6) is 11.5 Å². The van der Waals surface area contributed by atoms with Crippen LogP contribution in [0.25, 0.3) is 6.08 Å². The fourth-order valence-electron chi connectivity index (χ4n) is 3.48. The number of benzene rings is 2. The molecule has 1 heterocycles. The lowest BCUT2D eigenvalue weighted by Crippen LogP contribution is -2.36. The van der Waals surface area contributed by atoms with E-state index in [1.54, 1.807) is 37.4 Å². The number of piperidine rings is 1. The summed E-state index contributed by atoms with van der Waals surface area (Å²) >= 11 is 0. The van der Waals surface area contributed by atoms with Crippen LogP contribution in [-0.2, 0) is 4.79 Å². The number of allylic oxidation sites excluding steroid dienone is 1. The second kappa shape index (κ2) is 10.5. The van der Waals surface area contributed by atoms with Gasteiger partial charge in [-0.2, -0.15) is 0 Å². The van der Waals surface area contributed by atoms with Crippen LogP contribution in [-0.4, -0.2) is 43.5 Å². The van der Waals surface area contributed by atoms with Crippen LogP contribution in [0.3, 0.4) is 0 Å². The van der Waals surface area contributed by atoms with Gasteiger partial charge < -0.3 is 19.7 Å². The van der Waals surface area contributed by atoms with Gasteiger partial charge in [0.2, 0.25) is 0 Å². The SMILES string of the molecule is C/C=C/c1ccc(OCC(=O)Nc2ccccc2C(=O)N2CCCCC2)c(OC)c1. The summed E-state index contributed by atoms with van der Waals surface area (Å²) in [4.78, 5) is 27.2. The highest BCUT2D eigenvalue weighted by Gasteiger charge is 2.21. The summed E-state index contributed by atoms with van der Waals surface area (Å²) in [5.41, 5.74) is 1.98. The molecule has 0 spiro atoms. The molecule has 1 N–H and O–H groups in total. The number of ether oxygens (including phenoxy) is 2. The number of carbonyl (C=O) groups excluding carboxylic acids is 2. The van der Waals surface area contributed by atoms with Crippen LogP contribution in [0.4, 0.5) is 5.69 Å². The fraction of sp³-hybridized carbons (Fsp3) is 0.333. The number of methoxy groups -OCH3 is 1. The standard InChI is InChI=1S/C24H28N2O4/c1-3-9-18-12-13-21(22(16-18)29-2)30-17-23(27)25-20-11-6-5-10-19(20)24(28)26-14-7-4-8-15-26/h3,5-6,9-13,16H,4,7-8,14-15,17H2,1-2H3,(H,25,27)/b9-3+. The van der Waals surface area contributed by atoms with Gasteiger partial charge in [0.05, 0.1) is 18.4 Å². The number of amides is 2. The summed E-state index contributed by atoms with van der Waals surface area (Å²) in [5, 5.41) is 2.81. The Bertz CT molecular complexity index is 917. The lowest BCUT2D eigenvalue weighted by Gasteiger charge is -2.27. The number of carbonyl (C=O) groups is 2. The van der Waals surface area contributed by atoms with E-state index in [-0.39, 0.29) is 18.4 Å². The molecule has 2 aromatic carbocycles. The first kappa shape index (κ1) is 21.4. The molecule has 0 aliphatic carbocycles. The van der Waals surface area contributed by atoms with Gasteiger partial charge in [-0.05, 0) is 56.0 Å². The van der Waals surface area contributed by atoms with E-state index < -0.39 is 0 Å². The Hall–Kier alpha value is -3.28. The van der Waals surface area contributed by atoms with Gasteiger partial charge in [0.1, 0.15) is 0 Å². The van der Waals surface area contributed by atoms with Gasteiger partial charge in [0, 0.05) is 13.1 Å². The molecule has 2 amide bonds.